The number of imide groups is 1. The van der Waals surface area contributed by atoms with E-state index in [-0.39, 0.29) is 11.8 Å². The van der Waals surface area contributed by atoms with Crippen molar-refractivity contribution in [2.75, 3.05) is 25.0 Å². The number of halogens is 3. The summed E-state index contributed by atoms with van der Waals surface area (Å²) in [4.78, 5) is 25.4. The van der Waals surface area contributed by atoms with E-state index in [1.165, 1.54) is 24.9 Å². The SMILES string of the molecule is CNC(=O)NC(=O)CN1CC[C@@H](C)Sc2ccc(C(F)(F)F)cc21. The highest BCUT2D eigenvalue weighted by atomic mass is 32.2. The van der Waals surface area contributed by atoms with Crippen molar-refractivity contribution >= 4 is 29.4 Å². The van der Waals surface area contributed by atoms with Gasteiger partial charge in [0.05, 0.1) is 17.8 Å². The molecule has 3 amide bonds. The Morgan fingerprint density at radius 3 is 2.71 bits per heavy atom. The predicted octanol–water partition coefficient (Wildman–Crippen LogP) is 2.85. The summed E-state index contributed by atoms with van der Waals surface area (Å²) in [7, 11) is 1.37. The number of benzene rings is 1. The van der Waals surface area contributed by atoms with E-state index in [2.05, 4.69) is 10.6 Å². The summed E-state index contributed by atoms with van der Waals surface area (Å²) >= 11 is 1.48. The lowest BCUT2D eigenvalue weighted by Gasteiger charge is -2.24. The molecular weight excluding hydrogens is 343 g/mol. The highest BCUT2D eigenvalue weighted by Gasteiger charge is 2.32. The summed E-state index contributed by atoms with van der Waals surface area (Å²) in [6.07, 6.45) is -3.73. The average Bonchev–Trinajstić information content (AvgIpc) is 2.65. The Bertz CT molecular complexity index is 637. The van der Waals surface area contributed by atoms with Gasteiger partial charge in [0.25, 0.3) is 0 Å². The third-order valence-electron chi connectivity index (χ3n) is 3.58. The van der Waals surface area contributed by atoms with Crippen molar-refractivity contribution in [3.63, 3.8) is 0 Å². The number of nitrogens with one attached hydrogen (secondary N) is 2. The number of rotatable bonds is 2. The van der Waals surface area contributed by atoms with Crippen LogP contribution in [0, 0.1) is 0 Å². The van der Waals surface area contributed by atoms with Crippen LogP contribution >= 0.6 is 11.8 Å². The smallest absolute Gasteiger partial charge is 0.361 e. The quantitative estimate of drug-likeness (QED) is 0.850. The van der Waals surface area contributed by atoms with Crippen LogP contribution in [0.15, 0.2) is 23.1 Å². The van der Waals surface area contributed by atoms with Crippen LogP contribution in [0.2, 0.25) is 0 Å². The molecule has 0 radical (unpaired) electrons. The number of fused-ring (bicyclic) bond motifs is 1. The molecule has 0 fully saturated rings. The van der Waals surface area contributed by atoms with Gasteiger partial charge in [0.1, 0.15) is 0 Å². The molecule has 24 heavy (non-hydrogen) atoms. The number of nitrogens with zero attached hydrogens (tertiary/aromatic N) is 1. The van der Waals surface area contributed by atoms with E-state index in [4.69, 9.17) is 0 Å². The van der Waals surface area contributed by atoms with Crippen molar-refractivity contribution in [2.24, 2.45) is 0 Å². The van der Waals surface area contributed by atoms with Gasteiger partial charge < -0.3 is 10.2 Å². The van der Waals surface area contributed by atoms with E-state index in [0.29, 0.717) is 23.5 Å². The summed E-state index contributed by atoms with van der Waals surface area (Å²) < 4.78 is 39.0. The van der Waals surface area contributed by atoms with Gasteiger partial charge >= 0.3 is 12.2 Å². The van der Waals surface area contributed by atoms with E-state index in [1.54, 1.807) is 4.90 Å². The normalized spacial score (nSPS) is 17.7. The predicted molar refractivity (Wildman–Crippen MR) is 86.2 cm³/mol. The first kappa shape index (κ1) is 18.4. The minimum Gasteiger partial charge on any atom is -0.361 e. The van der Waals surface area contributed by atoms with Crippen LogP contribution in [-0.2, 0) is 11.0 Å². The summed E-state index contributed by atoms with van der Waals surface area (Å²) in [5.74, 6) is -0.572. The number of urea groups is 1. The highest BCUT2D eigenvalue weighted by molar-refractivity contribution is 8.00. The highest BCUT2D eigenvalue weighted by Crippen LogP contribution is 2.41. The van der Waals surface area contributed by atoms with Crippen molar-refractivity contribution in [2.45, 2.75) is 29.7 Å². The number of amides is 3. The van der Waals surface area contributed by atoms with E-state index in [1.807, 2.05) is 6.92 Å². The second-order valence-electron chi connectivity index (χ2n) is 5.45. The van der Waals surface area contributed by atoms with Gasteiger partial charge in [0.15, 0.2) is 0 Å². The molecule has 9 heteroatoms. The van der Waals surface area contributed by atoms with Crippen LogP contribution in [0.4, 0.5) is 23.7 Å². The lowest BCUT2D eigenvalue weighted by atomic mass is 10.1. The monoisotopic (exact) mass is 361 g/mol. The maximum atomic E-state index is 13.0. The number of anilines is 1. The maximum absolute atomic E-state index is 13.0. The van der Waals surface area contributed by atoms with Crippen molar-refractivity contribution in [1.29, 1.82) is 0 Å². The molecule has 0 saturated heterocycles. The average molecular weight is 361 g/mol. The molecule has 1 aromatic carbocycles. The summed E-state index contributed by atoms with van der Waals surface area (Å²) in [5.41, 5.74) is -0.389. The maximum Gasteiger partial charge on any atom is 0.416 e. The number of alkyl halides is 3. The van der Waals surface area contributed by atoms with Gasteiger partial charge in [-0.3, -0.25) is 10.1 Å². The fourth-order valence-electron chi connectivity index (χ4n) is 2.34. The number of thioether (sulfide) groups is 1. The zero-order chi connectivity index (χ0) is 17.9. The second kappa shape index (κ2) is 7.33. The third kappa shape index (κ3) is 4.56. The van der Waals surface area contributed by atoms with Crippen LogP contribution in [0.3, 0.4) is 0 Å². The number of carbonyl (C=O) groups excluding carboxylic acids is 2. The molecule has 132 valence electrons. The molecule has 0 bridgehead atoms. The standard InChI is InChI=1S/C15H18F3N3O2S/c1-9-5-6-21(8-13(22)20-14(23)19-2)11-7-10(15(16,17)18)3-4-12(11)24-9/h3-4,7,9H,5-6,8H2,1-2H3,(H2,19,20,22,23)/t9-/m1/s1. The Kier molecular flexibility index (Phi) is 5.63. The molecule has 2 N–H and O–H groups in total. The van der Waals surface area contributed by atoms with Gasteiger partial charge in [0.2, 0.25) is 5.91 Å². The molecular formula is C15H18F3N3O2S. The molecule has 0 spiro atoms. The molecule has 1 aliphatic rings. The first-order valence-corrected chi connectivity index (χ1v) is 8.23. The van der Waals surface area contributed by atoms with Crippen LogP contribution in [0.25, 0.3) is 0 Å². The largest absolute Gasteiger partial charge is 0.416 e. The summed E-state index contributed by atoms with van der Waals surface area (Å²) in [5, 5.41) is 4.60. The fraction of sp³-hybridized carbons (Fsp3) is 0.467. The van der Waals surface area contributed by atoms with Crippen molar-refractivity contribution in [3.8, 4) is 0 Å². The van der Waals surface area contributed by atoms with Crippen molar-refractivity contribution in [3.05, 3.63) is 23.8 Å². The molecule has 1 atom stereocenters. The molecule has 1 heterocycles. The summed E-state index contributed by atoms with van der Waals surface area (Å²) in [6.45, 7) is 2.23. The minimum absolute atomic E-state index is 0.186. The number of hydrogen-bond acceptors (Lipinski definition) is 4. The van der Waals surface area contributed by atoms with Crippen LogP contribution < -0.4 is 15.5 Å². The first-order valence-electron chi connectivity index (χ1n) is 7.35. The van der Waals surface area contributed by atoms with E-state index >= 15 is 0 Å². The van der Waals surface area contributed by atoms with Crippen LogP contribution in [0.5, 0.6) is 0 Å². The molecule has 0 saturated carbocycles. The Morgan fingerprint density at radius 1 is 1.38 bits per heavy atom. The zero-order valence-electron chi connectivity index (χ0n) is 13.2. The van der Waals surface area contributed by atoms with Gasteiger partial charge in [-0.25, -0.2) is 4.79 Å². The Morgan fingerprint density at radius 2 is 2.08 bits per heavy atom. The van der Waals surface area contributed by atoms with E-state index in [0.717, 1.165) is 12.1 Å². The number of carbonyl (C=O) groups is 2. The van der Waals surface area contributed by atoms with Gasteiger partial charge in [-0.15, -0.1) is 11.8 Å². The van der Waals surface area contributed by atoms with Crippen LogP contribution in [0.1, 0.15) is 18.9 Å². The van der Waals surface area contributed by atoms with Gasteiger partial charge in [-0.05, 0) is 24.6 Å². The Balaban J connectivity index is 2.29. The van der Waals surface area contributed by atoms with E-state index in [9.17, 15) is 22.8 Å². The fourth-order valence-corrected chi connectivity index (χ4v) is 3.45. The first-order chi connectivity index (χ1) is 11.2. The zero-order valence-corrected chi connectivity index (χ0v) is 14.1. The van der Waals surface area contributed by atoms with Gasteiger partial charge in [-0.1, -0.05) is 6.92 Å². The Hall–Kier alpha value is -1.90. The van der Waals surface area contributed by atoms with Crippen LogP contribution in [-0.4, -0.2) is 37.3 Å². The molecule has 5 nitrogen and oxygen atoms in total. The van der Waals surface area contributed by atoms with Gasteiger partial charge in [-0.2, -0.15) is 13.2 Å². The van der Waals surface area contributed by atoms with E-state index < -0.39 is 23.7 Å². The van der Waals surface area contributed by atoms with Crippen molar-refractivity contribution in [1.82, 2.24) is 10.6 Å². The lowest BCUT2D eigenvalue weighted by molar-refractivity contribution is -0.137. The molecule has 1 aliphatic heterocycles. The number of hydrogen-bond donors (Lipinski definition) is 2. The van der Waals surface area contributed by atoms with Crippen molar-refractivity contribution < 1.29 is 22.8 Å². The van der Waals surface area contributed by atoms with Gasteiger partial charge in [0, 0.05) is 23.7 Å². The Labute approximate surface area is 142 Å². The second-order valence-corrected chi connectivity index (χ2v) is 6.93. The lowest BCUT2D eigenvalue weighted by Crippen LogP contribution is -2.44. The molecule has 2 rings (SSSR count). The molecule has 0 unspecified atom stereocenters. The minimum atomic E-state index is -4.45. The molecule has 1 aromatic rings. The topological polar surface area (TPSA) is 61.4 Å². The third-order valence-corrected chi connectivity index (χ3v) is 4.81. The summed E-state index contributed by atoms with van der Waals surface area (Å²) in [6, 6.07) is 2.90. The molecule has 0 aliphatic carbocycles. The molecule has 0 aromatic heterocycles.